The predicted octanol–water partition coefficient (Wildman–Crippen LogP) is 4.71. The van der Waals surface area contributed by atoms with Crippen LogP contribution in [-0.2, 0) is 19.5 Å². The van der Waals surface area contributed by atoms with E-state index in [1.807, 2.05) is 18.2 Å². The first-order valence-corrected chi connectivity index (χ1v) is 11.3. The third kappa shape index (κ3) is 6.50. The van der Waals surface area contributed by atoms with Gasteiger partial charge < -0.3 is 9.73 Å². The van der Waals surface area contributed by atoms with E-state index in [1.165, 1.54) is 23.0 Å². The molecule has 1 unspecified atom stereocenters. The first kappa shape index (κ1) is 23.7. The van der Waals surface area contributed by atoms with Gasteiger partial charge in [-0.1, -0.05) is 43.7 Å². The van der Waals surface area contributed by atoms with Crippen molar-refractivity contribution < 1.29 is 9.21 Å². The van der Waals surface area contributed by atoms with Crippen molar-refractivity contribution in [2.45, 2.75) is 60.2 Å². The van der Waals surface area contributed by atoms with E-state index < -0.39 is 0 Å². The fourth-order valence-electron chi connectivity index (χ4n) is 3.61. The van der Waals surface area contributed by atoms with Crippen molar-refractivity contribution in [3.63, 3.8) is 0 Å². The van der Waals surface area contributed by atoms with E-state index in [0.717, 1.165) is 12.2 Å². The average molecular weight is 435 g/mol. The molecular weight excluding hydrogens is 400 g/mol. The first-order chi connectivity index (χ1) is 15.3. The minimum atomic E-state index is -0.228. The van der Waals surface area contributed by atoms with E-state index in [9.17, 15) is 4.79 Å². The highest BCUT2D eigenvalue weighted by molar-refractivity contribution is 5.91. The van der Waals surface area contributed by atoms with Crippen molar-refractivity contribution in [3.8, 4) is 0 Å². The van der Waals surface area contributed by atoms with Crippen LogP contribution in [0.2, 0.25) is 0 Å². The number of aromatic nitrogens is 2. The molecule has 2 aromatic heterocycles. The number of oxazole rings is 1. The van der Waals surface area contributed by atoms with Crippen molar-refractivity contribution in [1.29, 1.82) is 0 Å². The zero-order valence-corrected chi connectivity index (χ0v) is 19.8. The number of pyridine rings is 1. The summed E-state index contributed by atoms with van der Waals surface area (Å²) in [5.41, 5.74) is 5.10. The number of carbonyl (C=O) groups is 1. The number of benzene rings is 1. The van der Waals surface area contributed by atoms with Crippen LogP contribution in [0, 0.1) is 19.8 Å². The van der Waals surface area contributed by atoms with Gasteiger partial charge in [0.05, 0.1) is 6.54 Å². The Morgan fingerprint density at radius 1 is 1.12 bits per heavy atom. The van der Waals surface area contributed by atoms with Gasteiger partial charge in [0, 0.05) is 37.4 Å². The van der Waals surface area contributed by atoms with Gasteiger partial charge in [0.1, 0.15) is 6.26 Å². The van der Waals surface area contributed by atoms with Gasteiger partial charge in [-0.3, -0.25) is 14.7 Å². The van der Waals surface area contributed by atoms with E-state index in [0.29, 0.717) is 43.1 Å². The van der Waals surface area contributed by atoms with E-state index in [4.69, 9.17) is 4.42 Å². The van der Waals surface area contributed by atoms with Crippen LogP contribution in [0.3, 0.4) is 0 Å². The number of hydrogen-bond donors (Lipinski definition) is 1. The fourth-order valence-corrected chi connectivity index (χ4v) is 3.61. The Morgan fingerprint density at radius 2 is 1.94 bits per heavy atom. The Balaban J connectivity index is 1.63. The molecule has 32 heavy (non-hydrogen) atoms. The molecule has 2 heterocycles. The van der Waals surface area contributed by atoms with E-state index >= 15 is 0 Å². The molecule has 0 fully saturated rings. The summed E-state index contributed by atoms with van der Waals surface area (Å²) in [6.45, 7) is 12.8. The second-order valence-electron chi connectivity index (χ2n) is 8.77. The summed E-state index contributed by atoms with van der Waals surface area (Å²) in [4.78, 5) is 23.6. The van der Waals surface area contributed by atoms with Crippen LogP contribution < -0.4 is 5.32 Å². The normalized spacial score (nSPS) is 12.3. The summed E-state index contributed by atoms with van der Waals surface area (Å²) in [6.07, 6.45) is 3.87. The highest BCUT2D eigenvalue weighted by Gasteiger charge is 2.21. The molecule has 1 N–H and O–H groups in total. The van der Waals surface area contributed by atoms with E-state index in [1.54, 1.807) is 6.20 Å². The minimum Gasteiger partial charge on any atom is -0.447 e. The van der Waals surface area contributed by atoms with Gasteiger partial charge in [0.15, 0.2) is 5.69 Å². The Kier molecular flexibility index (Phi) is 8.17. The number of aryl methyl sites for hydroxylation is 2. The fraction of sp³-hybridized carbons (Fsp3) is 0.423. The summed E-state index contributed by atoms with van der Waals surface area (Å²) in [7, 11) is 0. The van der Waals surface area contributed by atoms with Crippen molar-refractivity contribution in [2.24, 2.45) is 5.92 Å². The Bertz CT molecular complexity index is 1010. The second-order valence-corrected chi connectivity index (χ2v) is 8.77. The van der Waals surface area contributed by atoms with Crippen LogP contribution in [0.5, 0.6) is 0 Å². The molecule has 0 saturated carbocycles. The number of nitrogens with one attached hydrogen (secondary N) is 1. The lowest BCUT2D eigenvalue weighted by molar-refractivity contribution is 0.0949. The molecule has 1 atom stereocenters. The highest BCUT2D eigenvalue weighted by atomic mass is 16.3. The summed E-state index contributed by atoms with van der Waals surface area (Å²) in [6, 6.07) is 12.7. The molecule has 0 radical (unpaired) electrons. The van der Waals surface area contributed by atoms with Gasteiger partial charge in [-0.25, -0.2) is 4.98 Å². The molecule has 3 rings (SSSR count). The predicted molar refractivity (Wildman–Crippen MR) is 126 cm³/mol. The first-order valence-electron chi connectivity index (χ1n) is 11.3. The van der Waals surface area contributed by atoms with Gasteiger partial charge in [-0.05, 0) is 49.9 Å². The number of nitrogens with zero attached hydrogens (tertiary/aromatic N) is 3. The molecule has 0 aliphatic rings. The molecule has 170 valence electrons. The quantitative estimate of drug-likeness (QED) is 0.501. The van der Waals surface area contributed by atoms with Crippen LogP contribution in [-0.4, -0.2) is 33.4 Å². The largest absolute Gasteiger partial charge is 0.447 e. The van der Waals surface area contributed by atoms with Gasteiger partial charge >= 0.3 is 0 Å². The summed E-state index contributed by atoms with van der Waals surface area (Å²) in [5.74, 6) is 0.802. The topological polar surface area (TPSA) is 71.3 Å². The van der Waals surface area contributed by atoms with Crippen LogP contribution >= 0.6 is 0 Å². The van der Waals surface area contributed by atoms with E-state index in [-0.39, 0.29) is 5.91 Å². The Labute approximate surface area is 191 Å². The number of carbonyl (C=O) groups excluding carboxylic acids is 1. The molecular formula is C26H34N4O2. The van der Waals surface area contributed by atoms with Crippen LogP contribution in [0.15, 0.2) is 53.3 Å². The lowest BCUT2D eigenvalue weighted by atomic mass is 10.0. The van der Waals surface area contributed by atoms with Gasteiger partial charge in [0.25, 0.3) is 5.91 Å². The lowest BCUT2D eigenvalue weighted by Gasteiger charge is -2.31. The molecule has 3 aromatic rings. The molecule has 6 heteroatoms. The van der Waals surface area contributed by atoms with Crippen molar-refractivity contribution in [2.75, 3.05) is 6.54 Å². The van der Waals surface area contributed by atoms with Crippen LogP contribution in [0.25, 0.3) is 0 Å². The molecule has 1 aromatic carbocycles. The molecule has 6 nitrogen and oxygen atoms in total. The van der Waals surface area contributed by atoms with Gasteiger partial charge in [-0.15, -0.1) is 0 Å². The molecule has 0 bridgehead atoms. The Hall–Kier alpha value is -2.99. The number of hydrogen-bond acceptors (Lipinski definition) is 5. The maximum atomic E-state index is 12.5. The summed E-state index contributed by atoms with van der Waals surface area (Å²) >= 11 is 0. The number of amides is 1. The zero-order chi connectivity index (χ0) is 23.1. The maximum Gasteiger partial charge on any atom is 0.273 e. The average Bonchev–Trinajstić information content (AvgIpc) is 3.24. The highest BCUT2D eigenvalue weighted by Crippen LogP contribution is 2.20. The molecule has 0 saturated heterocycles. The van der Waals surface area contributed by atoms with Gasteiger partial charge in [-0.2, -0.15) is 0 Å². The SMILES string of the molecule is Cc1ccc(CN(Cc2nc(C(=O)NCCc3ccccn3)co2)C(C)C(C)C)c(C)c1. The van der Waals surface area contributed by atoms with Crippen molar-refractivity contribution in [1.82, 2.24) is 20.2 Å². The monoisotopic (exact) mass is 434 g/mol. The van der Waals surface area contributed by atoms with E-state index in [2.05, 4.69) is 73.0 Å². The molecule has 0 aliphatic carbocycles. The number of rotatable bonds is 10. The second kappa shape index (κ2) is 11.0. The third-order valence-corrected chi connectivity index (χ3v) is 5.93. The van der Waals surface area contributed by atoms with Crippen LogP contribution in [0.4, 0.5) is 0 Å². The zero-order valence-electron chi connectivity index (χ0n) is 19.8. The smallest absolute Gasteiger partial charge is 0.273 e. The molecule has 0 aliphatic heterocycles. The summed E-state index contributed by atoms with van der Waals surface area (Å²) in [5, 5.41) is 2.89. The molecule has 1 amide bonds. The lowest BCUT2D eigenvalue weighted by Crippen LogP contribution is -2.36. The maximum absolute atomic E-state index is 12.5. The standard InChI is InChI=1S/C26H34N4O2/c1-18(2)21(5)30(15-22-10-9-19(3)14-20(22)4)16-25-29-24(17-32-25)26(31)28-13-11-23-8-6-7-12-27-23/h6-10,12,14,17-18,21H,11,13,15-16H2,1-5H3,(H,28,31). The van der Waals surface area contributed by atoms with Crippen LogP contribution in [0.1, 0.15) is 59.5 Å². The molecule has 0 spiro atoms. The third-order valence-electron chi connectivity index (χ3n) is 5.93. The van der Waals surface area contributed by atoms with Crippen molar-refractivity contribution in [3.05, 3.63) is 82.8 Å². The Morgan fingerprint density at radius 3 is 2.62 bits per heavy atom. The summed E-state index contributed by atoms with van der Waals surface area (Å²) < 4.78 is 5.67. The van der Waals surface area contributed by atoms with Crippen molar-refractivity contribution >= 4 is 5.91 Å². The minimum absolute atomic E-state index is 0.228. The van der Waals surface area contributed by atoms with Gasteiger partial charge in [0.2, 0.25) is 5.89 Å².